The lowest BCUT2D eigenvalue weighted by Gasteiger charge is -2.13. The molecule has 2 rings (SSSR count). The van der Waals surface area contributed by atoms with Gasteiger partial charge in [-0.1, -0.05) is 18.2 Å². The van der Waals surface area contributed by atoms with Gasteiger partial charge in [-0.05, 0) is 18.6 Å². The average molecular weight is 245 g/mol. The van der Waals surface area contributed by atoms with Crippen molar-refractivity contribution in [2.75, 3.05) is 6.61 Å². The molecule has 2 N–H and O–H groups in total. The first-order chi connectivity index (χ1) is 8.66. The lowest BCUT2D eigenvalue weighted by Crippen LogP contribution is -2.09. The Kier molecular flexibility index (Phi) is 3.99. The molecule has 1 aromatic heterocycles. The smallest absolute Gasteiger partial charge is 0.124 e. The lowest BCUT2D eigenvalue weighted by molar-refractivity contribution is 0.317. The van der Waals surface area contributed by atoms with Gasteiger partial charge in [0.2, 0.25) is 0 Å². The molecule has 1 heterocycles. The van der Waals surface area contributed by atoms with E-state index >= 15 is 0 Å². The van der Waals surface area contributed by atoms with Crippen LogP contribution in [0.3, 0.4) is 0 Å². The zero-order valence-corrected chi connectivity index (χ0v) is 10.8. The normalized spacial score (nSPS) is 12.4. The fourth-order valence-electron chi connectivity index (χ4n) is 1.87. The molecule has 96 valence electrons. The molecule has 4 heteroatoms. The highest BCUT2D eigenvalue weighted by Gasteiger charge is 2.07. The van der Waals surface area contributed by atoms with E-state index < -0.39 is 0 Å². The summed E-state index contributed by atoms with van der Waals surface area (Å²) < 4.78 is 7.59. The van der Waals surface area contributed by atoms with Gasteiger partial charge in [0.15, 0.2) is 0 Å². The van der Waals surface area contributed by atoms with Crippen LogP contribution in [-0.4, -0.2) is 16.4 Å². The number of benzene rings is 1. The van der Waals surface area contributed by atoms with Gasteiger partial charge >= 0.3 is 0 Å². The van der Waals surface area contributed by atoms with Gasteiger partial charge in [-0.2, -0.15) is 5.10 Å². The summed E-state index contributed by atoms with van der Waals surface area (Å²) in [6.45, 7) is 2.60. The predicted molar refractivity (Wildman–Crippen MR) is 71.5 cm³/mol. The van der Waals surface area contributed by atoms with Gasteiger partial charge in [-0.3, -0.25) is 4.68 Å². The Morgan fingerprint density at radius 1 is 1.39 bits per heavy atom. The summed E-state index contributed by atoms with van der Waals surface area (Å²) in [4.78, 5) is 0. The summed E-state index contributed by atoms with van der Waals surface area (Å²) in [5, 5.41) is 4.13. The molecule has 0 fully saturated rings. The second kappa shape index (κ2) is 5.69. The van der Waals surface area contributed by atoms with E-state index in [1.807, 2.05) is 50.6 Å². The molecule has 0 radical (unpaired) electrons. The van der Waals surface area contributed by atoms with Crippen molar-refractivity contribution < 1.29 is 4.74 Å². The van der Waals surface area contributed by atoms with E-state index in [4.69, 9.17) is 10.5 Å². The molecule has 1 aromatic carbocycles. The molecule has 0 bridgehead atoms. The first-order valence-electron chi connectivity index (χ1n) is 6.11. The molecule has 1 atom stereocenters. The fraction of sp³-hybridized carbons (Fsp3) is 0.357. The van der Waals surface area contributed by atoms with Gasteiger partial charge < -0.3 is 10.5 Å². The minimum absolute atomic E-state index is 0.0143. The number of hydrogen-bond acceptors (Lipinski definition) is 3. The molecule has 0 saturated heterocycles. The zero-order chi connectivity index (χ0) is 13.0. The standard InChI is InChI=1S/C14H19N3O/c1-11(15)13-5-3-4-6-14(13)18-8-7-12-9-16-17(2)10-12/h3-6,9-11H,7-8,15H2,1-2H3/t11-/m0/s1. The molecule has 0 unspecified atom stereocenters. The SMILES string of the molecule is C[C@H](N)c1ccccc1OCCc1cnn(C)c1. The monoisotopic (exact) mass is 245 g/mol. The molecule has 0 aliphatic rings. The molecular formula is C14H19N3O. The van der Waals surface area contributed by atoms with E-state index in [0.29, 0.717) is 6.61 Å². The summed E-state index contributed by atoms with van der Waals surface area (Å²) in [6, 6.07) is 7.89. The van der Waals surface area contributed by atoms with Crippen LogP contribution in [0.1, 0.15) is 24.1 Å². The molecule has 0 spiro atoms. The van der Waals surface area contributed by atoms with E-state index in [1.54, 1.807) is 4.68 Å². The van der Waals surface area contributed by atoms with Crippen LogP contribution >= 0.6 is 0 Å². The fourth-order valence-corrected chi connectivity index (χ4v) is 1.87. The number of aryl methyl sites for hydroxylation is 1. The van der Waals surface area contributed by atoms with Crippen molar-refractivity contribution in [1.82, 2.24) is 9.78 Å². The zero-order valence-electron chi connectivity index (χ0n) is 10.8. The van der Waals surface area contributed by atoms with Crippen LogP contribution in [0.2, 0.25) is 0 Å². The van der Waals surface area contributed by atoms with Crippen LogP contribution in [0.5, 0.6) is 5.75 Å². The average Bonchev–Trinajstić information content (AvgIpc) is 2.75. The topological polar surface area (TPSA) is 53.1 Å². The number of rotatable bonds is 5. The third kappa shape index (κ3) is 3.11. The Balaban J connectivity index is 1.94. The summed E-state index contributed by atoms with van der Waals surface area (Å²) in [5.41, 5.74) is 8.13. The highest BCUT2D eigenvalue weighted by Crippen LogP contribution is 2.23. The Labute approximate surface area is 107 Å². The second-order valence-corrected chi connectivity index (χ2v) is 4.45. The Morgan fingerprint density at radius 3 is 2.83 bits per heavy atom. The van der Waals surface area contributed by atoms with Crippen LogP contribution in [-0.2, 0) is 13.5 Å². The molecule has 0 amide bonds. The minimum Gasteiger partial charge on any atom is -0.493 e. The van der Waals surface area contributed by atoms with Gasteiger partial charge in [0, 0.05) is 31.3 Å². The van der Waals surface area contributed by atoms with Gasteiger partial charge in [-0.15, -0.1) is 0 Å². The maximum absolute atomic E-state index is 5.91. The Morgan fingerprint density at radius 2 is 2.17 bits per heavy atom. The van der Waals surface area contributed by atoms with Crippen molar-refractivity contribution in [3.63, 3.8) is 0 Å². The van der Waals surface area contributed by atoms with Crippen LogP contribution in [0.25, 0.3) is 0 Å². The second-order valence-electron chi connectivity index (χ2n) is 4.45. The van der Waals surface area contributed by atoms with E-state index in [9.17, 15) is 0 Å². The van der Waals surface area contributed by atoms with Crippen molar-refractivity contribution >= 4 is 0 Å². The van der Waals surface area contributed by atoms with Crippen molar-refractivity contribution in [3.8, 4) is 5.75 Å². The molecule has 0 aliphatic heterocycles. The molecule has 0 saturated carbocycles. The van der Waals surface area contributed by atoms with Crippen LogP contribution in [0, 0.1) is 0 Å². The van der Waals surface area contributed by atoms with Crippen molar-refractivity contribution in [3.05, 3.63) is 47.8 Å². The van der Waals surface area contributed by atoms with Gasteiger partial charge in [0.25, 0.3) is 0 Å². The largest absolute Gasteiger partial charge is 0.493 e. The summed E-state index contributed by atoms with van der Waals surface area (Å²) in [7, 11) is 1.91. The van der Waals surface area contributed by atoms with Crippen LogP contribution < -0.4 is 10.5 Å². The van der Waals surface area contributed by atoms with Gasteiger partial charge in [0.1, 0.15) is 5.75 Å². The van der Waals surface area contributed by atoms with Crippen LogP contribution in [0.4, 0.5) is 0 Å². The van der Waals surface area contributed by atoms with Crippen molar-refractivity contribution in [2.24, 2.45) is 12.8 Å². The third-order valence-corrected chi connectivity index (χ3v) is 2.82. The summed E-state index contributed by atoms with van der Waals surface area (Å²) in [6.07, 6.45) is 4.71. The number of nitrogens with two attached hydrogens (primary N) is 1. The predicted octanol–water partition coefficient (Wildman–Crippen LogP) is 2.06. The molecular weight excluding hydrogens is 226 g/mol. The molecule has 0 aliphatic carbocycles. The maximum atomic E-state index is 5.91. The summed E-state index contributed by atoms with van der Waals surface area (Å²) >= 11 is 0. The first-order valence-corrected chi connectivity index (χ1v) is 6.11. The number of ether oxygens (including phenoxy) is 1. The Hall–Kier alpha value is -1.81. The highest BCUT2D eigenvalue weighted by molar-refractivity contribution is 5.35. The number of aromatic nitrogens is 2. The number of para-hydroxylation sites is 1. The Bertz CT molecular complexity index is 505. The van der Waals surface area contributed by atoms with E-state index in [1.165, 1.54) is 5.56 Å². The molecule has 2 aromatic rings. The minimum atomic E-state index is -0.0143. The first kappa shape index (κ1) is 12.6. The summed E-state index contributed by atoms with van der Waals surface area (Å²) in [5.74, 6) is 0.872. The quantitative estimate of drug-likeness (QED) is 0.877. The van der Waals surface area contributed by atoms with Crippen LogP contribution in [0.15, 0.2) is 36.7 Å². The van der Waals surface area contributed by atoms with E-state index in [2.05, 4.69) is 5.10 Å². The lowest BCUT2D eigenvalue weighted by atomic mass is 10.1. The highest BCUT2D eigenvalue weighted by atomic mass is 16.5. The van der Waals surface area contributed by atoms with Gasteiger partial charge in [0.05, 0.1) is 12.8 Å². The third-order valence-electron chi connectivity index (χ3n) is 2.82. The maximum Gasteiger partial charge on any atom is 0.124 e. The van der Waals surface area contributed by atoms with Crippen molar-refractivity contribution in [1.29, 1.82) is 0 Å². The molecule has 18 heavy (non-hydrogen) atoms. The number of nitrogens with zero attached hydrogens (tertiary/aromatic N) is 2. The van der Waals surface area contributed by atoms with Gasteiger partial charge in [-0.25, -0.2) is 0 Å². The van der Waals surface area contributed by atoms with E-state index in [-0.39, 0.29) is 6.04 Å². The number of hydrogen-bond donors (Lipinski definition) is 1. The van der Waals surface area contributed by atoms with E-state index in [0.717, 1.165) is 17.7 Å². The molecule has 4 nitrogen and oxygen atoms in total. The van der Waals surface area contributed by atoms with Crippen molar-refractivity contribution in [2.45, 2.75) is 19.4 Å².